The van der Waals surface area contributed by atoms with Gasteiger partial charge in [0.1, 0.15) is 0 Å². The van der Waals surface area contributed by atoms with E-state index < -0.39 is 8.07 Å². The lowest BCUT2D eigenvalue weighted by Gasteiger charge is -2.49. The molecule has 0 spiro atoms. The van der Waals surface area contributed by atoms with E-state index in [0.29, 0.717) is 23.9 Å². The molecule has 0 aromatic heterocycles. The quantitative estimate of drug-likeness (QED) is 0.345. The summed E-state index contributed by atoms with van der Waals surface area (Å²) in [4.78, 5) is 2.81. The first-order valence-corrected chi connectivity index (χ1v) is 15.0. The Kier molecular flexibility index (Phi) is 5.32. The fourth-order valence-electron chi connectivity index (χ4n) is 6.05. The van der Waals surface area contributed by atoms with Gasteiger partial charge in [0, 0.05) is 18.0 Å². The van der Waals surface area contributed by atoms with Gasteiger partial charge >= 0.3 is 0 Å². The first-order valence-electron chi connectivity index (χ1n) is 11.5. The van der Waals surface area contributed by atoms with E-state index in [-0.39, 0.29) is 0 Å². The Labute approximate surface area is 179 Å². The zero-order valence-corrected chi connectivity index (χ0v) is 20.3. The summed E-state index contributed by atoms with van der Waals surface area (Å²) in [5.74, 6) is 2.05. The predicted octanol–water partition coefficient (Wildman–Crippen LogP) is 6.85. The molecule has 0 N–H and O–H groups in total. The molecule has 1 heterocycles. The third kappa shape index (κ3) is 3.63. The third-order valence-electron chi connectivity index (χ3n) is 7.39. The number of likely N-dealkylation sites (tertiary alicyclic amines) is 1. The smallest absolute Gasteiger partial charge is 0.0779 e. The van der Waals surface area contributed by atoms with Gasteiger partial charge in [-0.3, -0.25) is 4.90 Å². The Morgan fingerprint density at radius 1 is 1.17 bits per heavy atom. The number of allylic oxidation sites excluding steroid dienone is 8. The zero-order valence-electron chi connectivity index (χ0n) is 19.3. The van der Waals surface area contributed by atoms with Gasteiger partial charge in [0.2, 0.25) is 0 Å². The first-order chi connectivity index (χ1) is 13.6. The molecular formula is C27H39NSi. The number of hydrogen-bond acceptors (Lipinski definition) is 1. The average molecular weight is 406 g/mol. The summed E-state index contributed by atoms with van der Waals surface area (Å²) in [6.45, 7) is 23.2. The van der Waals surface area contributed by atoms with Gasteiger partial charge in [0.25, 0.3) is 0 Å². The van der Waals surface area contributed by atoms with Crippen LogP contribution in [0.1, 0.15) is 40.0 Å². The molecule has 4 aliphatic rings. The molecule has 156 valence electrons. The van der Waals surface area contributed by atoms with Gasteiger partial charge in [-0.1, -0.05) is 72.9 Å². The molecule has 2 heteroatoms. The highest BCUT2D eigenvalue weighted by atomic mass is 28.3. The van der Waals surface area contributed by atoms with Crippen molar-refractivity contribution in [3.8, 4) is 0 Å². The number of nitrogens with zero attached hydrogens (tertiary/aromatic N) is 1. The minimum Gasteiger partial charge on any atom is -0.287 e. The highest BCUT2D eigenvalue weighted by molar-refractivity contribution is 6.84. The molecule has 0 amide bonds. The monoisotopic (exact) mass is 405 g/mol. The lowest BCUT2D eigenvalue weighted by Crippen LogP contribution is -2.52. The first kappa shape index (κ1) is 20.9. The molecule has 1 nitrogen and oxygen atoms in total. The van der Waals surface area contributed by atoms with Crippen LogP contribution >= 0.6 is 0 Å². The lowest BCUT2D eigenvalue weighted by molar-refractivity contribution is 0.126. The Balaban J connectivity index is 1.82. The zero-order chi connectivity index (χ0) is 21.1. The third-order valence-corrected chi connectivity index (χ3v) is 9.43. The molecule has 0 radical (unpaired) electrons. The summed E-state index contributed by atoms with van der Waals surface area (Å²) >= 11 is 0. The van der Waals surface area contributed by atoms with Crippen LogP contribution in [-0.4, -0.2) is 31.1 Å². The van der Waals surface area contributed by atoms with Crippen LogP contribution in [0.4, 0.5) is 0 Å². The van der Waals surface area contributed by atoms with E-state index in [1.54, 1.807) is 16.3 Å². The van der Waals surface area contributed by atoms with E-state index in [4.69, 9.17) is 0 Å². The van der Waals surface area contributed by atoms with Crippen LogP contribution in [0.2, 0.25) is 19.6 Å². The fourth-order valence-corrected chi connectivity index (χ4v) is 7.76. The van der Waals surface area contributed by atoms with Crippen molar-refractivity contribution in [1.29, 1.82) is 0 Å². The summed E-state index contributed by atoms with van der Waals surface area (Å²) in [6.07, 6.45) is 15.6. The standard InChI is InChI=1S/C27H39NSi/c1-17(2)13-14-19(5)27-23-16-25(29(6,7)8)20-11-9-10-12-21(20)26(23)22-15-24(22)28(27)18(3)4/h9-12,16,18,21-22,24,26-27H,1,5,13-15H2,2-4,6-8H3. The van der Waals surface area contributed by atoms with Crippen LogP contribution in [0, 0.1) is 17.8 Å². The molecule has 1 saturated carbocycles. The van der Waals surface area contributed by atoms with Crippen LogP contribution in [-0.2, 0) is 0 Å². The molecule has 2 fully saturated rings. The highest BCUT2D eigenvalue weighted by Crippen LogP contribution is 2.59. The van der Waals surface area contributed by atoms with Gasteiger partial charge in [0.05, 0.1) is 14.1 Å². The van der Waals surface area contributed by atoms with Crippen LogP contribution in [0.3, 0.4) is 0 Å². The molecule has 0 aromatic rings. The maximum absolute atomic E-state index is 4.66. The molecule has 1 saturated heterocycles. The topological polar surface area (TPSA) is 3.24 Å². The molecule has 4 rings (SSSR count). The largest absolute Gasteiger partial charge is 0.287 e. The Morgan fingerprint density at radius 3 is 2.52 bits per heavy atom. The van der Waals surface area contributed by atoms with E-state index in [2.05, 4.69) is 88.9 Å². The number of hydrogen-bond donors (Lipinski definition) is 0. The van der Waals surface area contributed by atoms with Gasteiger partial charge in [0.15, 0.2) is 0 Å². The van der Waals surface area contributed by atoms with Crippen LogP contribution in [0.25, 0.3) is 0 Å². The molecule has 29 heavy (non-hydrogen) atoms. The number of piperidine rings is 1. The van der Waals surface area contributed by atoms with E-state index >= 15 is 0 Å². The van der Waals surface area contributed by atoms with Crippen molar-refractivity contribution in [2.75, 3.05) is 0 Å². The second-order valence-electron chi connectivity index (χ2n) is 11.1. The van der Waals surface area contributed by atoms with Crippen molar-refractivity contribution in [2.45, 2.75) is 77.8 Å². The van der Waals surface area contributed by atoms with E-state index in [1.165, 1.54) is 17.6 Å². The maximum Gasteiger partial charge on any atom is 0.0779 e. The van der Waals surface area contributed by atoms with E-state index in [1.807, 2.05) is 0 Å². The maximum atomic E-state index is 4.66. The van der Waals surface area contributed by atoms with Gasteiger partial charge in [-0.05, 0) is 63.0 Å². The summed E-state index contributed by atoms with van der Waals surface area (Å²) in [5.41, 5.74) is 5.96. The van der Waals surface area contributed by atoms with Gasteiger partial charge in [-0.2, -0.15) is 0 Å². The summed E-state index contributed by atoms with van der Waals surface area (Å²) in [5, 5.41) is 1.66. The van der Waals surface area contributed by atoms with Crippen molar-refractivity contribution in [1.82, 2.24) is 4.90 Å². The van der Waals surface area contributed by atoms with Crippen molar-refractivity contribution in [2.24, 2.45) is 17.8 Å². The minimum atomic E-state index is -1.44. The molecule has 5 unspecified atom stereocenters. The predicted molar refractivity (Wildman–Crippen MR) is 130 cm³/mol. The van der Waals surface area contributed by atoms with E-state index in [0.717, 1.165) is 24.8 Å². The van der Waals surface area contributed by atoms with Gasteiger partial charge in [-0.25, -0.2) is 0 Å². The fraction of sp³-hybridized carbons (Fsp3) is 0.556. The summed E-state index contributed by atoms with van der Waals surface area (Å²) in [7, 11) is -1.44. The summed E-state index contributed by atoms with van der Waals surface area (Å²) in [6, 6.07) is 1.69. The Bertz CT molecular complexity index is 844. The minimum absolute atomic E-state index is 0.398. The molecule has 0 aromatic carbocycles. The SMILES string of the molecule is C=C(C)CCC(=C)C1C2=CC([Si](C)(C)C)=C3C=CC=CC3C2C2CC2N1C(C)C. The highest BCUT2D eigenvalue weighted by Gasteiger charge is 2.59. The van der Waals surface area contributed by atoms with E-state index in [9.17, 15) is 0 Å². The molecule has 5 atom stereocenters. The van der Waals surface area contributed by atoms with Crippen molar-refractivity contribution in [3.63, 3.8) is 0 Å². The number of fused-ring (bicyclic) bond motifs is 5. The molecule has 0 bridgehead atoms. The van der Waals surface area contributed by atoms with Crippen molar-refractivity contribution >= 4 is 8.07 Å². The normalized spacial score (nSPS) is 33.2. The van der Waals surface area contributed by atoms with Crippen molar-refractivity contribution in [3.05, 3.63) is 71.0 Å². The van der Waals surface area contributed by atoms with Gasteiger partial charge < -0.3 is 0 Å². The average Bonchev–Trinajstić information content (AvgIpc) is 3.43. The Hall–Kier alpha value is -1.38. The second-order valence-corrected chi connectivity index (χ2v) is 16.1. The van der Waals surface area contributed by atoms with Crippen LogP contribution in [0.5, 0.6) is 0 Å². The summed E-state index contributed by atoms with van der Waals surface area (Å²) < 4.78 is 0. The number of rotatable bonds is 6. The van der Waals surface area contributed by atoms with Gasteiger partial charge in [-0.15, -0.1) is 6.58 Å². The molecule has 1 aliphatic heterocycles. The van der Waals surface area contributed by atoms with Crippen molar-refractivity contribution < 1.29 is 0 Å². The molecule has 3 aliphatic carbocycles. The van der Waals surface area contributed by atoms with Crippen LogP contribution < -0.4 is 0 Å². The lowest BCUT2D eigenvalue weighted by atomic mass is 9.67. The second kappa shape index (κ2) is 7.39. The van der Waals surface area contributed by atoms with Crippen LogP contribution in [0.15, 0.2) is 71.0 Å². The molecular weight excluding hydrogens is 366 g/mol. The Morgan fingerprint density at radius 2 is 1.90 bits per heavy atom.